The van der Waals surface area contributed by atoms with Gasteiger partial charge in [-0.05, 0) is 25.0 Å². The Bertz CT molecular complexity index is 426. The second kappa shape index (κ2) is 4.50. The molecule has 2 nitrogen and oxygen atoms in total. The van der Waals surface area contributed by atoms with Gasteiger partial charge in [0, 0.05) is 16.9 Å². The maximum atomic E-state index is 12.3. The van der Waals surface area contributed by atoms with Crippen LogP contribution >= 0.6 is 11.8 Å². The number of hydrogen-bond acceptors (Lipinski definition) is 3. The first-order chi connectivity index (χ1) is 7.69. The normalized spacial score (nSPS) is 19.4. The number of carbonyl (C=O) groups is 1. The number of fused-ring (bicyclic) bond motifs is 1. The van der Waals surface area contributed by atoms with Crippen molar-refractivity contribution in [3.8, 4) is 5.75 Å². The summed E-state index contributed by atoms with van der Waals surface area (Å²) in [5, 5.41) is 0.123. The van der Waals surface area contributed by atoms with Crippen LogP contribution in [-0.4, -0.2) is 18.1 Å². The number of carbonyl (C=O) groups excluding carboxylic acids is 1. The van der Waals surface area contributed by atoms with E-state index in [1.165, 1.54) is 0 Å². The van der Waals surface area contributed by atoms with E-state index in [-0.39, 0.29) is 11.0 Å². The van der Waals surface area contributed by atoms with E-state index < -0.39 is 0 Å². The number of hydrogen-bond donors (Lipinski definition) is 0. The smallest absolute Gasteiger partial charge is 0.176 e. The Morgan fingerprint density at radius 3 is 2.88 bits per heavy atom. The van der Waals surface area contributed by atoms with Gasteiger partial charge in [0.05, 0.1) is 12.4 Å². The van der Waals surface area contributed by atoms with Crippen LogP contribution in [-0.2, 0) is 5.75 Å². The first-order valence-electron chi connectivity index (χ1n) is 5.51. The Hall–Kier alpha value is -0.960. The molecule has 1 aromatic carbocycles. The highest BCUT2D eigenvalue weighted by molar-refractivity contribution is 8.00. The van der Waals surface area contributed by atoms with E-state index in [9.17, 15) is 4.79 Å². The molecule has 2 rings (SSSR count). The van der Waals surface area contributed by atoms with Crippen LogP contribution in [0.3, 0.4) is 0 Å². The average molecular weight is 236 g/mol. The van der Waals surface area contributed by atoms with E-state index >= 15 is 0 Å². The molecule has 1 aliphatic rings. The van der Waals surface area contributed by atoms with E-state index in [0.29, 0.717) is 0 Å². The van der Waals surface area contributed by atoms with E-state index in [1.807, 2.05) is 19.1 Å². The van der Waals surface area contributed by atoms with Crippen LogP contribution in [0.15, 0.2) is 12.1 Å². The van der Waals surface area contributed by atoms with Crippen molar-refractivity contribution in [3.05, 3.63) is 28.8 Å². The molecule has 0 bridgehead atoms. The molecule has 1 atom stereocenters. The van der Waals surface area contributed by atoms with Crippen molar-refractivity contribution in [3.63, 3.8) is 0 Å². The number of methoxy groups -OCH3 is 1. The molecular weight excluding hydrogens is 220 g/mol. The summed E-state index contributed by atoms with van der Waals surface area (Å²) in [7, 11) is 1.66. The molecule has 1 aliphatic heterocycles. The SMILES string of the molecule is CCC1SCc2c(OC)ccc(C)c2C1=O. The van der Waals surface area contributed by atoms with Crippen LogP contribution in [0.4, 0.5) is 0 Å². The zero-order valence-electron chi connectivity index (χ0n) is 9.87. The van der Waals surface area contributed by atoms with Gasteiger partial charge in [0.25, 0.3) is 0 Å². The van der Waals surface area contributed by atoms with Crippen LogP contribution in [0.1, 0.15) is 34.8 Å². The van der Waals surface area contributed by atoms with Gasteiger partial charge in [-0.2, -0.15) is 0 Å². The van der Waals surface area contributed by atoms with E-state index in [1.54, 1.807) is 18.9 Å². The molecule has 0 N–H and O–H groups in total. The summed E-state index contributed by atoms with van der Waals surface area (Å²) < 4.78 is 5.32. The lowest BCUT2D eigenvalue weighted by Gasteiger charge is -2.25. The van der Waals surface area contributed by atoms with Gasteiger partial charge in [-0.1, -0.05) is 13.0 Å². The number of ether oxygens (including phenoxy) is 1. The molecule has 0 fully saturated rings. The number of ketones is 1. The van der Waals surface area contributed by atoms with Crippen LogP contribution < -0.4 is 4.74 Å². The lowest BCUT2D eigenvalue weighted by Crippen LogP contribution is -2.24. The van der Waals surface area contributed by atoms with Crippen molar-refractivity contribution in [2.75, 3.05) is 7.11 Å². The van der Waals surface area contributed by atoms with Crippen molar-refractivity contribution in [2.24, 2.45) is 0 Å². The third kappa shape index (κ3) is 1.73. The fourth-order valence-electron chi connectivity index (χ4n) is 2.15. The molecule has 0 amide bonds. The standard InChI is InChI=1S/C13H16O2S/c1-4-11-13(14)12-8(2)5-6-10(15-3)9(12)7-16-11/h5-6,11H,4,7H2,1-3H3. The Balaban J connectivity index is 2.54. The third-order valence-corrected chi connectivity index (χ3v) is 4.44. The molecule has 0 aromatic heterocycles. The van der Waals surface area contributed by atoms with E-state index in [4.69, 9.17) is 4.74 Å². The Morgan fingerprint density at radius 2 is 2.25 bits per heavy atom. The first-order valence-corrected chi connectivity index (χ1v) is 6.56. The number of rotatable bonds is 2. The lowest BCUT2D eigenvalue weighted by molar-refractivity contribution is 0.0984. The highest BCUT2D eigenvalue weighted by atomic mass is 32.2. The maximum absolute atomic E-state index is 12.3. The van der Waals surface area contributed by atoms with Gasteiger partial charge in [-0.25, -0.2) is 0 Å². The molecule has 0 aliphatic carbocycles. The predicted octanol–water partition coefficient (Wildman–Crippen LogP) is 3.21. The predicted molar refractivity (Wildman–Crippen MR) is 67.4 cm³/mol. The summed E-state index contributed by atoms with van der Waals surface area (Å²) in [6, 6.07) is 3.92. The number of Topliss-reactive ketones (excluding diaryl/α,β-unsaturated/α-hetero) is 1. The Kier molecular flexibility index (Phi) is 3.24. The minimum atomic E-state index is 0.123. The minimum absolute atomic E-state index is 0.123. The topological polar surface area (TPSA) is 26.3 Å². The van der Waals surface area contributed by atoms with Crippen LogP contribution in [0.25, 0.3) is 0 Å². The van der Waals surface area contributed by atoms with Gasteiger partial charge >= 0.3 is 0 Å². The van der Waals surface area contributed by atoms with Crippen molar-refractivity contribution in [1.29, 1.82) is 0 Å². The quantitative estimate of drug-likeness (QED) is 0.788. The van der Waals surface area contributed by atoms with Gasteiger partial charge in [0.15, 0.2) is 5.78 Å². The second-order valence-electron chi connectivity index (χ2n) is 4.01. The maximum Gasteiger partial charge on any atom is 0.176 e. The summed E-state index contributed by atoms with van der Waals surface area (Å²) in [6.07, 6.45) is 0.902. The minimum Gasteiger partial charge on any atom is -0.496 e. The van der Waals surface area contributed by atoms with Gasteiger partial charge in [-0.15, -0.1) is 11.8 Å². The fourth-order valence-corrected chi connectivity index (χ4v) is 3.31. The van der Waals surface area contributed by atoms with Gasteiger partial charge in [-0.3, -0.25) is 4.79 Å². The zero-order valence-corrected chi connectivity index (χ0v) is 10.7. The molecule has 0 saturated carbocycles. The summed E-state index contributed by atoms with van der Waals surface area (Å²) in [5.41, 5.74) is 3.03. The molecule has 0 radical (unpaired) electrons. The molecule has 86 valence electrons. The second-order valence-corrected chi connectivity index (χ2v) is 5.20. The van der Waals surface area contributed by atoms with Crippen molar-refractivity contribution in [1.82, 2.24) is 0 Å². The molecule has 16 heavy (non-hydrogen) atoms. The highest BCUT2D eigenvalue weighted by Gasteiger charge is 2.29. The fraction of sp³-hybridized carbons (Fsp3) is 0.462. The largest absolute Gasteiger partial charge is 0.496 e. The summed E-state index contributed by atoms with van der Waals surface area (Å²) in [4.78, 5) is 12.3. The molecule has 1 aromatic rings. The summed E-state index contributed by atoms with van der Waals surface area (Å²) in [5.74, 6) is 1.99. The van der Waals surface area contributed by atoms with E-state index in [2.05, 4.69) is 6.92 Å². The van der Waals surface area contributed by atoms with Crippen molar-refractivity contribution < 1.29 is 9.53 Å². The summed E-state index contributed by atoms with van der Waals surface area (Å²) in [6.45, 7) is 4.06. The molecule has 0 spiro atoms. The third-order valence-electron chi connectivity index (χ3n) is 3.04. The molecule has 0 saturated heterocycles. The highest BCUT2D eigenvalue weighted by Crippen LogP contribution is 2.38. The first kappa shape index (κ1) is 11.5. The lowest BCUT2D eigenvalue weighted by atomic mass is 9.95. The van der Waals surface area contributed by atoms with Crippen LogP contribution in [0.5, 0.6) is 5.75 Å². The molecule has 1 unspecified atom stereocenters. The number of thioether (sulfide) groups is 1. The van der Waals surface area contributed by atoms with Crippen molar-refractivity contribution in [2.45, 2.75) is 31.3 Å². The number of benzene rings is 1. The van der Waals surface area contributed by atoms with Crippen molar-refractivity contribution >= 4 is 17.5 Å². The molecule has 1 heterocycles. The average Bonchev–Trinajstić information content (AvgIpc) is 2.30. The monoisotopic (exact) mass is 236 g/mol. The number of aryl methyl sites for hydroxylation is 1. The van der Waals surface area contributed by atoms with Crippen LogP contribution in [0, 0.1) is 6.92 Å². The zero-order chi connectivity index (χ0) is 11.7. The molecule has 3 heteroatoms. The molecular formula is C13H16O2S. The van der Waals surface area contributed by atoms with Crippen LogP contribution in [0.2, 0.25) is 0 Å². The Morgan fingerprint density at radius 1 is 1.50 bits per heavy atom. The Labute approximate surface area is 100 Å². The van der Waals surface area contributed by atoms with Gasteiger partial charge in [0.2, 0.25) is 0 Å². The van der Waals surface area contributed by atoms with Gasteiger partial charge < -0.3 is 4.74 Å². The summed E-state index contributed by atoms with van der Waals surface area (Å²) >= 11 is 1.72. The van der Waals surface area contributed by atoms with E-state index in [0.717, 1.165) is 34.6 Å². The van der Waals surface area contributed by atoms with Gasteiger partial charge in [0.1, 0.15) is 5.75 Å².